The van der Waals surface area contributed by atoms with Crippen LogP contribution in [0.1, 0.15) is 10.5 Å². The van der Waals surface area contributed by atoms with E-state index in [1.807, 2.05) is 36.4 Å². The molecule has 21 heavy (non-hydrogen) atoms. The standard InChI is InChI=1S/C16H19N3O2/c1-19(14-6-4-3-5-7-14)16(20)15-9-8-13(12-18-15)17-10-11-21-2/h3-9,12,17H,10-11H2,1-2H3. The maximum atomic E-state index is 12.3. The van der Waals surface area contributed by atoms with Gasteiger partial charge in [-0.25, -0.2) is 4.98 Å². The Morgan fingerprint density at radius 1 is 1.24 bits per heavy atom. The normalized spacial score (nSPS) is 10.2. The molecule has 0 radical (unpaired) electrons. The van der Waals surface area contributed by atoms with Crippen LogP contribution in [0.2, 0.25) is 0 Å². The van der Waals surface area contributed by atoms with Crippen LogP contribution in [-0.2, 0) is 4.74 Å². The van der Waals surface area contributed by atoms with Crippen molar-refractivity contribution in [2.45, 2.75) is 0 Å². The van der Waals surface area contributed by atoms with E-state index in [0.717, 1.165) is 11.4 Å². The smallest absolute Gasteiger partial charge is 0.276 e. The van der Waals surface area contributed by atoms with Crippen LogP contribution in [0.5, 0.6) is 0 Å². The Labute approximate surface area is 124 Å². The van der Waals surface area contributed by atoms with Crippen LogP contribution in [0.4, 0.5) is 11.4 Å². The van der Waals surface area contributed by atoms with Crippen LogP contribution in [0, 0.1) is 0 Å². The zero-order valence-electron chi connectivity index (χ0n) is 12.2. The summed E-state index contributed by atoms with van der Waals surface area (Å²) < 4.78 is 4.96. The average Bonchev–Trinajstić information content (AvgIpc) is 2.55. The van der Waals surface area contributed by atoms with Crippen molar-refractivity contribution in [1.82, 2.24) is 4.98 Å². The minimum absolute atomic E-state index is 0.135. The van der Waals surface area contributed by atoms with Gasteiger partial charge in [0.05, 0.1) is 18.5 Å². The third-order valence-corrected chi connectivity index (χ3v) is 3.07. The van der Waals surface area contributed by atoms with E-state index >= 15 is 0 Å². The van der Waals surface area contributed by atoms with Gasteiger partial charge in [0.1, 0.15) is 5.69 Å². The maximum Gasteiger partial charge on any atom is 0.276 e. The maximum absolute atomic E-state index is 12.3. The Morgan fingerprint density at radius 3 is 2.62 bits per heavy atom. The van der Waals surface area contributed by atoms with Crippen molar-refractivity contribution in [1.29, 1.82) is 0 Å². The van der Waals surface area contributed by atoms with E-state index in [1.54, 1.807) is 31.3 Å². The molecule has 0 saturated carbocycles. The van der Waals surface area contributed by atoms with Gasteiger partial charge in [-0.05, 0) is 24.3 Å². The number of anilines is 2. The summed E-state index contributed by atoms with van der Waals surface area (Å²) in [6.07, 6.45) is 1.65. The number of aromatic nitrogens is 1. The number of nitrogens with zero attached hydrogens (tertiary/aromatic N) is 2. The lowest BCUT2D eigenvalue weighted by Crippen LogP contribution is -2.27. The lowest BCUT2D eigenvalue weighted by molar-refractivity contribution is 0.0988. The molecule has 2 aromatic rings. The number of nitrogens with one attached hydrogen (secondary N) is 1. The molecule has 0 unspecified atom stereocenters. The second-order valence-electron chi connectivity index (χ2n) is 4.55. The molecule has 0 bridgehead atoms. The van der Waals surface area contributed by atoms with Gasteiger partial charge in [-0.2, -0.15) is 0 Å². The number of hydrogen-bond acceptors (Lipinski definition) is 4. The van der Waals surface area contributed by atoms with Crippen LogP contribution in [0.25, 0.3) is 0 Å². The molecule has 0 aliphatic heterocycles. The van der Waals surface area contributed by atoms with Crippen molar-refractivity contribution in [2.24, 2.45) is 0 Å². The Hall–Kier alpha value is -2.40. The molecule has 0 atom stereocenters. The van der Waals surface area contributed by atoms with E-state index < -0.39 is 0 Å². The fraction of sp³-hybridized carbons (Fsp3) is 0.250. The predicted molar refractivity (Wildman–Crippen MR) is 83.8 cm³/mol. The predicted octanol–water partition coefficient (Wildman–Crippen LogP) is 2.42. The first-order chi connectivity index (χ1) is 10.2. The fourth-order valence-electron chi connectivity index (χ4n) is 1.86. The molecule has 5 nitrogen and oxygen atoms in total. The quantitative estimate of drug-likeness (QED) is 0.828. The number of carbonyl (C=O) groups excluding carboxylic acids is 1. The number of benzene rings is 1. The lowest BCUT2D eigenvalue weighted by Gasteiger charge is -2.16. The van der Waals surface area contributed by atoms with E-state index in [-0.39, 0.29) is 5.91 Å². The van der Waals surface area contributed by atoms with Gasteiger partial charge in [-0.15, -0.1) is 0 Å². The summed E-state index contributed by atoms with van der Waals surface area (Å²) in [6, 6.07) is 13.0. The highest BCUT2D eigenvalue weighted by Gasteiger charge is 2.14. The first-order valence-electron chi connectivity index (χ1n) is 6.74. The Kier molecular flexibility index (Phi) is 5.29. The zero-order chi connectivity index (χ0) is 15.1. The number of ether oxygens (including phenoxy) is 1. The molecule has 0 fully saturated rings. The molecule has 1 heterocycles. The van der Waals surface area contributed by atoms with Crippen molar-refractivity contribution in [2.75, 3.05) is 37.5 Å². The van der Waals surface area contributed by atoms with Crippen LogP contribution < -0.4 is 10.2 Å². The molecule has 5 heteroatoms. The molecule has 1 aromatic heterocycles. The summed E-state index contributed by atoms with van der Waals surface area (Å²) in [5.41, 5.74) is 2.12. The number of para-hydroxylation sites is 1. The second kappa shape index (κ2) is 7.40. The first-order valence-corrected chi connectivity index (χ1v) is 6.74. The lowest BCUT2D eigenvalue weighted by atomic mass is 10.2. The van der Waals surface area contributed by atoms with Gasteiger partial charge in [0.15, 0.2) is 0 Å². The molecule has 0 aliphatic carbocycles. The highest BCUT2D eigenvalue weighted by molar-refractivity contribution is 6.04. The Balaban J connectivity index is 2.03. The Morgan fingerprint density at radius 2 is 2.00 bits per heavy atom. The van der Waals surface area contributed by atoms with Crippen LogP contribution in [-0.4, -0.2) is 38.2 Å². The zero-order valence-corrected chi connectivity index (χ0v) is 12.2. The summed E-state index contributed by atoms with van der Waals surface area (Å²) >= 11 is 0. The summed E-state index contributed by atoms with van der Waals surface area (Å²) in [5.74, 6) is -0.135. The number of pyridine rings is 1. The highest BCUT2D eigenvalue weighted by Crippen LogP contribution is 2.14. The van der Waals surface area contributed by atoms with Gasteiger partial charge >= 0.3 is 0 Å². The van der Waals surface area contributed by atoms with Gasteiger partial charge in [0.25, 0.3) is 5.91 Å². The van der Waals surface area contributed by atoms with Gasteiger partial charge in [0, 0.05) is 26.4 Å². The molecule has 1 aromatic carbocycles. The van der Waals surface area contributed by atoms with Crippen molar-refractivity contribution in [3.05, 3.63) is 54.4 Å². The van der Waals surface area contributed by atoms with E-state index in [1.165, 1.54) is 0 Å². The molecule has 0 spiro atoms. The third-order valence-electron chi connectivity index (χ3n) is 3.07. The Bertz CT molecular complexity index is 570. The van der Waals surface area contributed by atoms with E-state index in [0.29, 0.717) is 18.8 Å². The molecule has 1 amide bonds. The van der Waals surface area contributed by atoms with Crippen molar-refractivity contribution >= 4 is 17.3 Å². The van der Waals surface area contributed by atoms with Crippen LogP contribution in [0.15, 0.2) is 48.7 Å². The number of carbonyl (C=O) groups is 1. The minimum Gasteiger partial charge on any atom is -0.383 e. The molecule has 2 rings (SSSR count). The molecule has 1 N–H and O–H groups in total. The summed E-state index contributed by atoms with van der Waals surface area (Å²) in [5, 5.41) is 3.16. The number of hydrogen-bond donors (Lipinski definition) is 1. The molecule has 0 saturated heterocycles. The summed E-state index contributed by atoms with van der Waals surface area (Å²) in [6.45, 7) is 1.33. The van der Waals surface area contributed by atoms with Crippen LogP contribution >= 0.6 is 0 Å². The second-order valence-corrected chi connectivity index (χ2v) is 4.55. The average molecular weight is 285 g/mol. The number of amides is 1. The minimum atomic E-state index is -0.135. The summed E-state index contributed by atoms with van der Waals surface area (Å²) in [4.78, 5) is 18.1. The van der Waals surface area contributed by atoms with Gasteiger partial charge in [-0.3, -0.25) is 4.79 Å². The monoisotopic (exact) mass is 285 g/mol. The van der Waals surface area contributed by atoms with Crippen LogP contribution in [0.3, 0.4) is 0 Å². The van der Waals surface area contributed by atoms with Crippen molar-refractivity contribution in [3.63, 3.8) is 0 Å². The first kappa shape index (κ1) is 15.0. The molecule has 0 aliphatic rings. The van der Waals surface area contributed by atoms with Gasteiger partial charge in [0.2, 0.25) is 0 Å². The SMILES string of the molecule is COCCNc1ccc(C(=O)N(C)c2ccccc2)nc1. The molecular formula is C16H19N3O2. The third kappa shape index (κ3) is 4.03. The van der Waals surface area contributed by atoms with E-state index in [9.17, 15) is 4.79 Å². The topological polar surface area (TPSA) is 54.5 Å². The van der Waals surface area contributed by atoms with Gasteiger partial charge < -0.3 is 15.0 Å². The van der Waals surface area contributed by atoms with Gasteiger partial charge in [-0.1, -0.05) is 18.2 Å². The molecule has 110 valence electrons. The summed E-state index contributed by atoms with van der Waals surface area (Å²) in [7, 11) is 3.39. The van der Waals surface area contributed by atoms with E-state index in [4.69, 9.17) is 4.74 Å². The number of methoxy groups -OCH3 is 1. The highest BCUT2D eigenvalue weighted by atomic mass is 16.5. The van der Waals surface area contributed by atoms with Crippen molar-refractivity contribution in [3.8, 4) is 0 Å². The largest absolute Gasteiger partial charge is 0.383 e. The number of rotatable bonds is 6. The van der Waals surface area contributed by atoms with Crippen molar-refractivity contribution < 1.29 is 9.53 Å². The molecular weight excluding hydrogens is 266 g/mol. The van der Waals surface area contributed by atoms with E-state index in [2.05, 4.69) is 10.3 Å². The fourth-order valence-corrected chi connectivity index (χ4v) is 1.86.